The van der Waals surface area contributed by atoms with Crippen molar-refractivity contribution >= 4 is 21.9 Å². The van der Waals surface area contributed by atoms with Crippen LogP contribution < -0.4 is 0 Å². The molecule has 49 heavy (non-hydrogen) atoms. The van der Waals surface area contributed by atoms with E-state index in [1.807, 2.05) is 36.4 Å². The molecule has 4 nitrogen and oxygen atoms in total. The monoisotopic (exact) mass is 627 g/mol. The summed E-state index contributed by atoms with van der Waals surface area (Å²) in [6.45, 7) is 0. The normalized spacial score (nSPS) is 11.3. The Morgan fingerprint density at radius 3 is 1.35 bits per heavy atom. The van der Waals surface area contributed by atoms with Gasteiger partial charge in [-0.05, 0) is 63.7 Å². The number of hydrogen-bond donors (Lipinski definition) is 0. The maximum absolute atomic E-state index is 6.23. The van der Waals surface area contributed by atoms with E-state index in [-0.39, 0.29) is 0 Å². The molecule has 0 atom stereocenters. The topological polar surface area (TPSA) is 51.8 Å². The van der Waals surface area contributed by atoms with Crippen LogP contribution in [0.3, 0.4) is 0 Å². The smallest absolute Gasteiger partial charge is 0.164 e. The molecule has 0 saturated heterocycles. The summed E-state index contributed by atoms with van der Waals surface area (Å²) in [4.78, 5) is 15.1. The second kappa shape index (κ2) is 12.2. The maximum Gasteiger partial charge on any atom is 0.164 e. The lowest BCUT2D eigenvalue weighted by atomic mass is 9.98. The maximum atomic E-state index is 6.23. The average molecular weight is 628 g/mol. The first-order chi connectivity index (χ1) is 24.2. The molecule has 0 amide bonds. The van der Waals surface area contributed by atoms with E-state index < -0.39 is 0 Å². The van der Waals surface area contributed by atoms with Crippen molar-refractivity contribution in [3.8, 4) is 67.5 Å². The first-order valence-corrected chi connectivity index (χ1v) is 16.4. The molecule has 230 valence electrons. The predicted molar refractivity (Wildman–Crippen MR) is 200 cm³/mol. The Hall–Kier alpha value is -6.65. The van der Waals surface area contributed by atoms with Crippen LogP contribution in [-0.4, -0.2) is 15.0 Å². The zero-order chi connectivity index (χ0) is 32.6. The van der Waals surface area contributed by atoms with E-state index in [4.69, 9.17) is 19.4 Å². The highest BCUT2D eigenvalue weighted by Gasteiger charge is 2.15. The van der Waals surface area contributed by atoms with Gasteiger partial charge in [0.2, 0.25) is 0 Å². The van der Waals surface area contributed by atoms with Gasteiger partial charge in [-0.15, -0.1) is 0 Å². The summed E-state index contributed by atoms with van der Waals surface area (Å²) in [6, 6.07) is 60.6. The Bertz CT molecular complexity index is 2590. The number of para-hydroxylation sites is 1. The van der Waals surface area contributed by atoms with Crippen molar-refractivity contribution in [2.75, 3.05) is 0 Å². The molecule has 0 saturated carbocycles. The molecule has 2 heterocycles. The lowest BCUT2D eigenvalue weighted by Gasteiger charge is -2.11. The van der Waals surface area contributed by atoms with Gasteiger partial charge in [0, 0.05) is 27.5 Å². The van der Waals surface area contributed by atoms with Crippen LogP contribution in [0.4, 0.5) is 0 Å². The molecular formula is C45H29N3O. The molecule has 7 aromatic carbocycles. The molecule has 0 unspecified atom stereocenters. The highest BCUT2D eigenvalue weighted by molar-refractivity contribution is 6.05. The van der Waals surface area contributed by atoms with Gasteiger partial charge in [0.15, 0.2) is 17.5 Å². The standard InChI is InChI=1S/C45H29N3O/c1-3-11-30(12-4-1)32-21-23-33(24-22-32)43-46-44(48-45(47-43)38-25-26-40-39-19-7-8-20-41(39)49-42(40)29-38)37-18-10-17-36(28-37)35-16-9-15-34(27-35)31-13-5-2-6-14-31/h1-29H. The lowest BCUT2D eigenvalue weighted by molar-refractivity contribution is 0.669. The number of hydrogen-bond acceptors (Lipinski definition) is 4. The van der Waals surface area contributed by atoms with Crippen LogP contribution in [0.15, 0.2) is 180 Å². The van der Waals surface area contributed by atoms with Gasteiger partial charge >= 0.3 is 0 Å². The van der Waals surface area contributed by atoms with E-state index in [0.717, 1.165) is 55.3 Å². The molecule has 0 aliphatic carbocycles. The zero-order valence-electron chi connectivity index (χ0n) is 26.5. The number of furan rings is 1. The average Bonchev–Trinajstić information content (AvgIpc) is 3.57. The third-order valence-electron chi connectivity index (χ3n) is 8.95. The summed E-state index contributed by atoms with van der Waals surface area (Å²) in [5, 5.41) is 2.16. The van der Waals surface area contributed by atoms with Crippen molar-refractivity contribution in [3.63, 3.8) is 0 Å². The molecule has 9 aromatic rings. The Morgan fingerprint density at radius 1 is 0.265 bits per heavy atom. The number of aromatic nitrogens is 3. The minimum atomic E-state index is 0.589. The minimum absolute atomic E-state index is 0.589. The summed E-state index contributed by atoms with van der Waals surface area (Å²) in [6.07, 6.45) is 0. The van der Waals surface area contributed by atoms with Crippen molar-refractivity contribution in [1.29, 1.82) is 0 Å². The van der Waals surface area contributed by atoms with Crippen molar-refractivity contribution in [2.45, 2.75) is 0 Å². The fourth-order valence-corrected chi connectivity index (χ4v) is 6.42. The number of rotatable bonds is 6. The fraction of sp³-hybridized carbons (Fsp3) is 0. The van der Waals surface area contributed by atoms with Crippen LogP contribution >= 0.6 is 0 Å². The Kier molecular flexibility index (Phi) is 7.10. The van der Waals surface area contributed by atoms with Gasteiger partial charge in [-0.25, -0.2) is 15.0 Å². The van der Waals surface area contributed by atoms with E-state index in [0.29, 0.717) is 17.5 Å². The molecule has 0 bridgehead atoms. The predicted octanol–water partition coefficient (Wildman–Crippen LogP) is 11.8. The van der Waals surface area contributed by atoms with Crippen LogP contribution in [0.1, 0.15) is 0 Å². The van der Waals surface area contributed by atoms with Gasteiger partial charge in [-0.3, -0.25) is 0 Å². The first kappa shape index (κ1) is 28.6. The molecule has 0 spiro atoms. The molecule has 0 aliphatic rings. The molecule has 0 N–H and O–H groups in total. The Labute approximate surface area is 284 Å². The highest BCUT2D eigenvalue weighted by Crippen LogP contribution is 2.34. The van der Waals surface area contributed by atoms with Gasteiger partial charge in [0.25, 0.3) is 0 Å². The van der Waals surface area contributed by atoms with E-state index >= 15 is 0 Å². The molecule has 4 heteroatoms. The highest BCUT2D eigenvalue weighted by atomic mass is 16.3. The van der Waals surface area contributed by atoms with Gasteiger partial charge in [-0.2, -0.15) is 0 Å². The summed E-state index contributed by atoms with van der Waals surface area (Å²) in [5.41, 5.74) is 11.2. The van der Waals surface area contributed by atoms with Gasteiger partial charge in [0.05, 0.1) is 0 Å². The number of nitrogens with zero attached hydrogens (tertiary/aromatic N) is 3. The third-order valence-corrected chi connectivity index (χ3v) is 8.95. The quantitative estimate of drug-likeness (QED) is 0.184. The summed E-state index contributed by atoms with van der Waals surface area (Å²) in [7, 11) is 0. The van der Waals surface area contributed by atoms with Crippen molar-refractivity contribution < 1.29 is 4.42 Å². The molecule has 0 fully saturated rings. The SMILES string of the molecule is c1ccc(-c2ccc(-c3nc(-c4cccc(-c5cccc(-c6ccccc6)c5)c4)nc(-c4ccc5c(c4)oc4ccccc45)n3)cc2)cc1. The van der Waals surface area contributed by atoms with Crippen LogP contribution in [0.2, 0.25) is 0 Å². The lowest BCUT2D eigenvalue weighted by Crippen LogP contribution is -2.00. The van der Waals surface area contributed by atoms with Gasteiger partial charge < -0.3 is 4.42 Å². The van der Waals surface area contributed by atoms with Crippen molar-refractivity contribution in [1.82, 2.24) is 15.0 Å². The second-order valence-electron chi connectivity index (χ2n) is 12.1. The van der Waals surface area contributed by atoms with Crippen molar-refractivity contribution in [2.24, 2.45) is 0 Å². The first-order valence-electron chi connectivity index (χ1n) is 16.4. The van der Waals surface area contributed by atoms with Crippen LogP contribution in [0.5, 0.6) is 0 Å². The van der Waals surface area contributed by atoms with Crippen LogP contribution in [0.25, 0.3) is 89.5 Å². The molecule has 9 rings (SSSR count). The molecular weight excluding hydrogens is 599 g/mol. The molecule has 2 aromatic heterocycles. The van der Waals surface area contributed by atoms with E-state index in [2.05, 4.69) is 140 Å². The summed E-state index contributed by atoms with van der Waals surface area (Å²) >= 11 is 0. The summed E-state index contributed by atoms with van der Waals surface area (Å²) < 4.78 is 6.23. The zero-order valence-corrected chi connectivity index (χ0v) is 26.5. The molecule has 0 aliphatic heterocycles. The Morgan fingerprint density at radius 2 is 0.673 bits per heavy atom. The number of benzene rings is 7. The van der Waals surface area contributed by atoms with Crippen LogP contribution in [0, 0.1) is 0 Å². The van der Waals surface area contributed by atoms with E-state index in [1.165, 1.54) is 16.7 Å². The van der Waals surface area contributed by atoms with Crippen molar-refractivity contribution in [3.05, 3.63) is 176 Å². The summed E-state index contributed by atoms with van der Waals surface area (Å²) in [5.74, 6) is 1.81. The fourth-order valence-electron chi connectivity index (χ4n) is 6.42. The largest absolute Gasteiger partial charge is 0.456 e. The second-order valence-corrected chi connectivity index (χ2v) is 12.1. The Balaban J connectivity index is 1.16. The third kappa shape index (κ3) is 5.56. The minimum Gasteiger partial charge on any atom is -0.456 e. The van der Waals surface area contributed by atoms with E-state index in [1.54, 1.807) is 0 Å². The van der Waals surface area contributed by atoms with Gasteiger partial charge in [0.1, 0.15) is 11.2 Å². The van der Waals surface area contributed by atoms with Gasteiger partial charge in [-0.1, -0.05) is 146 Å². The van der Waals surface area contributed by atoms with E-state index in [9.17, 15) is 0 Å². The number of fused-ring (bicyclic) bond motifs is 3. The van der Waals surface area contributed by atoms with Crippen LogP contribution in [-0.2, 0) is 0 Å². The molecule has 0 radical (unpaired) electrons.